The zero-order chi connectivity index (χ0) is 10.4. The Kier molecular flexibility index (Phi) is 5.34. The summed E-state index contributed by atoms with van der Waals surface area (Å²) < 4.78 is 0. The molecular weight excluding hydrogens is 172 g/mol. The van der Waals surface area contributed by atoms with Crippen LogP contribution in [0.1, 0.15) is 26.7 Å². The summed E-state index contributed by atoms with van der Waals surface area (Å²) in [6.07, 6.45) is 0.0395. The summed E-state index contributed by atoms with van der Waals surface area (Å²) in [7, 11) is 0. The van der Waals surface area contributed by atoms with Crippen LogP contribution in [0, 0.1) is 0 Å². The van der Waals surface area contributed by atoms with Crippen LogP contribution in [0.2, 0.25) is 0 Å². The second-order valence-corrected chi connectivity index (χ2v) is 3.06. The molecule has 76 valence electrons. The maximum Gasteiger partial charge on any atom is 0.331 e. The smallest absolute Gasteiger partial charge is 0.331 e. The molecule has 0 spiro atoms. The molecule has 0 aromatic carbocycles. The topological polar surface area (TPSA) is 77.8 Å². The zero-order valence-corrected chi connectivity index (χ0v) is 7.95. The van der Waals surface area contributed by atoms with Crippen molar-refractivity contribution in [2.24, 2.45) is 0 Å². The number of aliphatic carboxylic acids is 1. The molecule has 0 fully saturated rings. The van der Waals surface area contributed by atoms with E-state index in [0.717, 1.165) is 0 Å². The van der Waals surface area contributed by atoms with Crippen molar-refractivity contribution in [1.82, 2.24) is 0 Å². The molecule has 4 heteroatoms. The molecule has 0 rings (SSSR count). The van der Waals surface area contributed by atoms with Gasteiger partial charge in [-0.05, 0) is 26.7 Å². The molecule has 0 aromatic rings. The first-order valence-electron chi connectivity index (χ1n) is 4.19. The van der Waals surface area contributed by atoms with Gasteiger partial charge in [-0.1, -0.05) is 5.57 Å². The molecule has 0 bridgehead atoms. The van der Waals surface area contributed by atoms with Crippen molar-refractivity contribution in [3.8, 4) is 0 Å². The van der Waals surface area contributed by atoms with Crippen LogP contribution in [0.25, 0.3) is 0 Å². The molecule has 0 saturated carbocycles. The minimum atomic E-state index is -0.996. The lowest BCUT2D eigenvalue weighted by molar-refractivity contribution is -0.132. The van der Waals surface area contributed by atoms with Gasteiger partial charge in [0, 0.05) is 12.2 Å². The molecule has 0 amide bonds. The number of carboxylic acids is 1. The summed E-state index contributed by atoms with van der Waals surface area (Å²) in [6, 6.07) is 0. The number of hydrogen-bond donors (Lipinski definition) is 3. The van der Waals surface area contributed by atoms with Crippen molar-refractivity contribution in [2.45, 2.75) is 32.8 Å². The van der Waals surface area contributed by atoms with E-state index >= 15 is 0 Å². The normalized spacial score (nSPS) is 15.1. The monoisotopic (exact) mass is 188 g/mol. The van der Waals surface area contributed by atoms with Crippen LogP contribution >= 0.6 is 0 Å². The quantitative estimate of drug-likeness (QED) is 0.550. The van der Waals surface area contributed by atoms with Crippen LogP contribution in [0.3, 0.4) is 0 Å². The van der Waals surface area contributed by atoms with Gasteiger partial charge < -0.3 is 15.3 Å². The number of hydrogen-bond acceptors (Lipinski definition) is 3. The van der Waals surface area contributed by atoms with E-state index in [1.165, 1.54) is 6.92 Å². The lowest BCUT2D eigenvalue weighted by Gasteiger charge is -2.10. The molecule has 0 aliphatic carbocycles. The van der Waals surface area contributed by atoms with Gasteiger partial charge in [0.15, 0.2) is 0 Å². The Bertz CT molecular complexity index is 206. The molecular formula is C9H16O4. The molecule has 0 aliphatic rings. The summed E-state index contributed by atoms with van der Waals surface area (Å²) in [5, 5.41) is 26.4. The second kappa shape index (κ2) is 5.72. The molecule has 0 heterocycles. The van der Waals surface area contributed by atoms with Crippen molar-refractivity contribution in [1.29, 1.82) is 0 Å². The Morgan fingerprint density at radius 2 is 2.00 bits per heavy atom. The van der Waals surface area contributed by atoms with E-state index in [9.17, 15) is 4.79 Å². The first-order chi connectivity index (χ1) is 5.99. The number of rotatable bonds is 5. The van der Waals surface area contributed by atoms with Crippen LogP contribution < -0.4 is 0 Å². The minimum absolute atomic E-state index is 0.0906. The summed E-state index contributed by atoms with van der Waals surface area (Å²) >= 11 is 0. The molecule has 0 aliphatic heterocycles. The maximum absolute atomic E-state index is 10.6. The molecule has 1 unspecified atom stereocenters. The van der Waals surface area contributed by atoms with Crippen LogP contribution in [0.4, 0.5) is 0 Å². The van der Waals surface area contributed by atoms with Gasteiger partial charge >= 0.3 is 5.97 Å². The maximum atomic E-state index is 10.6. The van der Waals surface area contributed by atoms with E-state index in [4.69, 9.17) is 15.3 Å². The summed E-state index contributed by atoms with van der Waals surface area (Å²) in [5.74, 6) is -0.996. The minimum Gasteiger partial charge on any atom is -0.478 e. The largest absolute Gasteiger partial charge is 0.478 e. The SMILES string of the molecule is CC(C(=O)O)=C(CCO)CC(C)O. The highest BCUT2D eigenvalue weighted by Gasteiger charge is 2.10. The lowest BCUT2D eigenvalue weighted by Crippen LogP contribution is -2.08. The standard InChI is InChI=1S/C9H16O4/c1-6(11)5-8(3-4-10)7(2)9(12)13/h6,10-11H,3-5H2,1-2H3,(H,12,13). The number of carbonyl (C=O) groups is 1. The summed E-state index contributed by atoms with van der Waals surface area (Å²) in [6.45, 7) is 2.98. The Morgan fingerprint density at radius 3 is 2.31 bits per heavy atom. The van der Waals surface area contributed by atoms with Gasteiger partial charge in [0.05, 0.1) is 6.10 Å². The molecule has 0 radical (unpaired) electrons. The predicted molar refractivity (Wildman–Crippen MR) is 48.3 cm³/mol. The highest BCUT2D eigenvalue weighted by molar-refractivity contribution is 5.86. The molecule has 0 aromatic heterocycles. The third kappa shape index (κ3) is 4.65. The fraction of sp³-hybridized carbons (Fsp3) is 0.667. The van der Waals surface area contributed by atoms with Crippen LogP contribution in [0.5, 0.6) is 0 Å². The predicted octanol–water partition coefficient (Wildman–Crippen LogP) is 0.541. The van der Waals surface area contributed by atoms with Crippen LogP contribution in [0.15, 0.2) is 11.1 Å². The van der Waals surface area contributed by atoms with Crippen molar-refractivity contribution in [3.63, 3.8) is 0 Å². The number of aliphatic hydroxyl groups excluding tert-OH is 2. The van der Waals surface area contributed by atoms with Crippen LogP contribution in [-0.4, -0.2) is 34.0 Å². The lowest BCUT2D eigenvalue weighted by atomic mass is 10.0. The van der Waals surface area contributed by atoms with E-state index < -0.39 is 12.1 Å². The first-order valence-corrected chi connectivity index (χ1v) is 4.19. The Morgan fingerprint density at radius 1 is 1.46 bits per heavy atom. The zero-order valence-electron chi connectivity index (χ0n) is 7.95. The summed E-state index contributed by atoms with van der Waals surface area (Å²) in [5.41, 5.74) is 0.819. The highest BCUT2D eigenvalue weighted by atomic mass is 16.4. The van der Waals surface area contributed by atoms with Crippen molar-refractivity contribution in [3.05, 3.63) is 11.1 Å². The highest BCUT2D eigenvalue weighted by Crippen LogP contribution is 2.15. The Labute approximate surface area is 77.5 Å². The van der Waals surface area contributed by atoms with E-state index in [1.807, 2.05) is 0 Å². The number of carboxylic acid groups (broad SMARTS) is 1. The summed E-state index contributed by atoms with van der Waals surface area (Å²) in [4.78, 5) is 10.6. The van der Waals surface area contributed by atoms with E-state index in [-0.39, 0.29) is 12.2 Å². The third-order valence-electron chi connectivity index (χ3n) is 1.81. The average Bonchev–Trinajstić information content (AvgIpc) is 2.01. The molecule has 1 atom stereocenters. The molecule has 4 nitrogen and oxygen atoms in total. The molecule has 13 heavy (non-hydrogen) atoms. The van der Waals surface area contributed by atoms with E-state index in [1.54, 1.807) is 6.92 Å². The second-order valence-electron chi connectivity index (χ2n) is 3.06. The van der Waals surface area contributed by atoms with Gasteiger partial charge in [0.2, 0.25) is 0 Å². The average molecular weight is 188 g/mol. The van der Waals surface area contributed by atoms with Gasteiger partial charge in [0.25, 0.3) is 0 Å². The fourth-order valence-electron chi connectivity index (χ4n) is 1.09. The Hall–Kier alpha value is -0.870. The fourth-order valence-corrected chi connectivity index (χ4v) is 1.09. The Balaban J connectivity index is 4.56. The van der Waals surface area contributed by atoms with Crippen molar-refractivity contribution < 1.29 is 20.1 Å². The first kappa shape index (κ1) is 12.1. The molecule has 0 saturated heterocycles. The van der Waals surface area contributed by atoms with Gasteiger partial charge in [-0.15, -0.1) is 0 Å². The molecule has 3 N–H and O–H groups in total. The van der Waals surface area contributed by atoms with Gasteiger partial charge in [0.1, 0.15) is 0 Å². The van der Waals surface area contributed by atoms with Gasteiger partial charge in [-0.25, -0.2) is 4.79 Å². The van der Waals surface area contributed by atoms with Crippen molar-refractivity contribution >= 4 is 5.97 Å². The van der Waals surface area contributed by atoms with Crippen LogP contribution in [-0.2, 0) is 4.79 Å². The number of aliphatic hydroxyl groups is 2. The van der Waals surface area contributed by atoms with E-state index in [0.29, 0.717) is 18.4 Å². The van der Waals surface area contributed by atoms with Gasteiger partial charge in [-0.3, -0.25) is 0 Å². The van der Waals surface area contributed by atoms with E-state index in [2.05, 4.69) is 0 Å². The van der Waals surface area contributed by atoms with Crippen molar-refractivity contribution in [2.75, 3.05) is 6.61 Å². The third-order valence-corrected chi connectivity index (χ3v) is 1.81. The van der Waals surface area contributed by atoms with Gasteiger partial charge in [-0.2, -0.15) is 0 Å².